The van der Waals surface area contributed by atoms with Gasteiger partial charge in [0.2, 0.25) is 5.88 Å². The van der Waals surface area contributed by atoms with E-state index in [1.54, 1.807) is 59.9 Å². The molecule has 1 saturated heterocycles. The van der Waals surface area contributed by atoms with Crippen LogP contribution in [0.4, 0.5) is 0 Å². The number of carbonyl (C=O) groups excluding carboxylic acids is 1. The molecule has 0 unspecified atom stereocenters. The Bertz CT molecular complexity index is 934. The summed E-state index contributed by atoms with van der Waals surface area (Å²) in [5.74, 6) is 0.912. The number of benzene rings is 1. The van der Waals surface area contributed by atoms with E-state index in [4.69, 9.17) is 16.3 Å². The molecular weight excluding hydrogens is 364 g/mol. The minimum atomic E-state index is -0.138. The van der Waals surface area contributed by atoms with Crippen molar-refractivity contribution in [3.63, 3.8) is 0 Å². The maximum Gasteiger partial charge on any atom is 0.273 e. The van der Waals surface area contributed by atoms with Crippen LogP contribution in [0.2, 0.25) is 5.02 Å². The molecule has 1 amide bonds. The summed E-state index contributed by atoms with van der Waals surface area (Å²) in [6.45, 7) is 0.671. The van der Waals surface area contributed by atoms with Gasteiger partial charge in [-0.2, -0.15) is 0 Å². The molecule has 136 valence electrons. The molecule has 1 aromatic carbocycles. The average Bonchev–Trinajstić information content (AvgIpc) is 3.20. The van der Waals surface area contributed by atoms with E-state index < -0.39 is 0 Å². The molecule has 4 rings (SSSR count). The van der Waals surface area contributed by atoms with Crippen molar-refractivity contribution in [2.75, 3.05) is 6.54 Å². The van der Waals surface area contributed by atoms with Crippen LogP contribution in [0.5, 0.6) is 11.6 Å². The second kappa shape index (κ2) is 7.72. The smallest absolute Gasteiger partial charge is 0.273 e. The Labute approximate surface area is 161 Å². The summed E-state index contributed by atoms with van der Waals surface area (Å²) in [5.41, 5.74) is 1.15. The largest absolute Gasteiger partial charge is 0.437 e. The highest BCUT2D eigenvalue weighted by molar-refractivity contribution is 6.30. The van der Waals surface area contributed by atoms with Gasteiger partial charge in [0.25, 0.3) is 5.91 Å². The lowest BCUT2D eigenvalue weighted by Crippen LogP contribution is -2.31. The Hall–Kier alpha value is -2.99. The van der Waals surface area contributed by atoms with Gasteiger partial charge in [-0.05, 0) is 49.2 Å². The maximum atomic E-state index is 12.8. The van der Waals surface area contributed by atoms with E-state index in [1.165, 1.54) is 0 Å². The molecule has 0 aliphatic carbocycles. The molecule has 1 aliphatic rings. The highest BCUT2D eigenvalue weighted by atomic mass is 35.5. The van der Waals surface area contributed by atoms with E-state index in [0.29, 0.717) is 34.6 Å². The molecule has 0 spiro atoms. The zero-order chi connectivity index (χ0) is 18.6. The number of hydrogen-bond acceptors (Lipinski definition) is 5. The molecule has 1 aliphatic heterocycles. The third kappa shape index (κ3) is 3.90. The lowest BCUT2D eigenvalue weighted by Gasteiger charge is -2.24. The van der Waals surface area contributed by atoms with Crippen molar-refractivity contribution >= 4 is 17.5 Å². The van der Waals surface area contributed by atoms with Crippen molar-refractivity contribution in [2.24, 2.45) is 0 Å². The fourth-order valence-corrected chi connectivity index (χ4v) is 3.28. The summed E-state index contributed by atoms with van der Waals surface area (Å²) in [6.07, 6.45) is 6.60. The molecule has 6 nitrogen and oxygen atoms in total. The standard InChI is InChI=1S/C20H17ClN4O2/c21-14-6-8-15(9-7-14)27-19-13-22-12-17(24-19)18-5-3-11-25(18)20(26)16-4-1-2-10-23-16/h1-2,4,6-10,12-13,18H,3,5,11H2/t18-/m0/s1. The van der Waals surface area contributed by atoms with Gasteiger partial charge < -0.3 is 9.64 Å². The average molecular weight is 381 g/mol. The summed E-state index contributed by atoms with van der Waals surface area (Å²) in [5, 5.41) is 0.636. The molecule has 0 radical (unpaired) electrons. The van der Waals surface area contributed by atoms with E-state index in [9.17, 15) is 4.79 Å². The SMILES string of the molecule is O=C(c1ccccn1)N1CCC[C@H]1c1cncc(Oc2ccc(Cl)cc2)n1. The molecule has 0 N–H and O–H groups in total. The second-order valence-electron chi connectivity index (χ2n) is 6.21. The van der Waals surface area contributed by atoms with Crippen LogP contribution in [0.1, 0.15) is 35.1 Å². The lowest BCUT2D eigenvalue weighted by atomic mass is 10.1. The van der Waals surface area contributed by atoms with E-state index in [-0.39, 0.29) is 11.9 Å². The van der Waals surface area contributed by atoms with Crippen molar-refractivity contribution in [3.05, 3.63) is 77.5 Å². The minimum absolute atomic E-state index is 0.0936. The zero-order valence-electron chi connectivity index (χ0n) is 14.5. The lowest BCUT2D eigenvalue weighted by molar-refractivity contribution is 0.0726. The third-order valence-electron chi connectivity index (χ3n) is 4.41. The van der Waals surface area contributed by atoms with Gasteiger partial charge in [0.15, 0.2) is 0 Å². The van der Waals surface area contributed by atoms with Crippen LogP contribution >= 0.6 is 11.6 Å². The van der Waals surface area contributed by atoms with Gasteiger partial charge >= 0.3 is 0 Å². The molecule has 1 fully saturated rings. The van der Waals surface area contributed by atoms with E-state index >= 15 is 0 Å². The van der Waals surface area contributed by atoms with Crippen LogP contribution in [0.25, 0.3) is 0 Å². The number of carbonyl (C=O) groups is 1. The van der Waals surface area contributed by atoms with Crippen molar-refractivity contribution < 1.29 is 9.53 Å². The molecule has 3 aromatic rings. The van der Waals surface area contributed by atoms with E-state index in [2.05, 4.69) is 15.0 Å². The van der Waals surface area contributed by atoms with Gasteiger partial charge in [-0.15, -0.1) is 0 Å². The van der Waals surface area contributed by atoms with Crippen LogP contribution in [0.15, 0.2) is 61.1 Å². The zero-order valence-corrected chi connectivity index (χ0v) is 15.2. The van der Waals surface area contributed by atoms with Crippen LogP contribution in [-0.4, -0.2) is 32.3 Å². The predicted molar refractivity (Wildman–Crippen MR) is 101 cm³/mol. The minimum Gasteiger partial charge on any atom is -0.437 e. The third-order valence-corrected chi connectivity index (χ3v) is 4.66. The number of amides is 1. The monoisotopic (exact) mass is 380 g/mol. The first-order chi connectivity index (χ1) is 13.2. The molecule has 2 aromatic heterocycles. The first-order valence-electron chi connectivity index (χ1n) is 8.68. The first kappa shape index (κ1) is 17.4. The van der Waals surface area contributed by atoms with Crippen LogP contribution < -0.4 is 4.74 Å². The molecule has 3 heterocycles. The number of rotatable bonds is 4. The fourth-order valence-electron chi connectivity index (χ4n) is 3.15. The summed E-state index contributed by atoms with van der Waals surface area (Å²) in [7, 11) is 0. The van der Waals surface area contributed by atoms with Crippen molar-refractivity contribution in [2.45, 2.75) is 18.9 Å². The second-order valence-corrected chi connectivity index (χ2v) is 6.65. The van der Waals surface area contributed by atoms with E-state index in [0.717, 1.165) is 12.8 Å². The predicted octanol–water partition coefficient (Wildman–Crippen LogP) is 4.29. The van der Waals surface area contributed by atoms with Crippen molar-refractivity contribution in [1.29, 1.82) is 0 Å². The number of hydrogen-bond donors (Lipinski definition) is 0. The number of nitrogens with zero attached hydrogens (tertiary/aromatic N) is 4. The summed E-state index contributed by atoms with van der Waals surface area (Å²) in [4.78, 5) is 27.6. The quantitative estimate of drug-likeness (QED) is 0.675. The molecule has 1 atom stereocenters. The number of ether oxygens (including phenoxy) is 1. The topological polar surface area (TPSA) is 68.2 Å². The maximum absolute atomic E-state index is 12.8. The Morgan fingerprint density at radius 3 is 2.78 bits per heavy atom. The summed E-state index contributed by atoms with van der Waals surface area (Å²) < 4.78 is 5.77. The van der Waals surface area contributed by atoms with Crippen LogP contribution in [0.3, 0.4) is 0 Å². The Kier molecular flexibility index (Phi) is 4.98. The van der Waals surface area contributed by atoms with Crippen molar-refractivity contribution in [1.82, 2.24) is 19.9 Å². The fraction of sp³-hybridized carbons (Fsp3) is 0.200. The van der Waals surface area contributed by atoms with Gasteiger partial charge in [0, 0.05) is 17.8 Å². The number of aromatic nitrogens is 3. The molecular formula is C20H17ClN4O2. The molecule has 27 heavy (non-hydrogen) atoms. The highest BCUT2D eigenvalue weighted by Crippen LogP contribution is 2.32. The summed E-state index contributed by atoms with van der Waals surface area (Å²) >= 11 is 5.90. The van der Waals surface area contributed by atoms with Crippen molar-refractivity contribution in [3.8, 4) is 11.6 Å². The normalized spacial score (nSPS) is 16.3. The number of pyridine rings is 1. The highest BCUT2D eigenvalue weighted by Gasteiger charge is 2.32. The van der Waals surface area contributed by atoms with Gasteiger partial charge in [-0.3, -0.25) is 14.8 Å². The molecule has 0 bridgehead atoms. The molecule has 7 heteroatoms. The number of halogens is 1. The van der Waals surface area contributed by atoms with Gasteiger partial charge in [0.1, 0.15) is 11.4 Å². The van der Waals surface area contributed by atoms with Gasteiger partial charge in [-0.25, -0.2) is 4.98 Å². The Balaban J connectivity index is 1.55. The van der Waals surface area contributed by atoms with Crippen LogP contribution in [-0.2, 0) is 0 Å². The van der Waals surface area contributed by atoms with Crippen LogP contribution in [0, 0.1) is 0 Å². The van der Waals surface area contributed by atoms with Gasteiger partial charge in [0.05, 0.1) is 24.1 Å². The van der Waals surface area contributed by atoms with Gasteiger partial charge in [-0.1, -0.05) is 17.7 Å². The Morgan fingerprint density at radius 2 is 2.00 bits per heavy atom. The number of likely N-dealkylation sites (tertiary alicyclic amines) is 1. The summed E-state index contributed by atoms with van der Waals surface area (Å²) in [6, 6.07) is 12.2. The Morgan fingerprint density at radius 1 is 1.15 bits per heavy atom. The molecule has 0 saturated carbocycles. The van der Waals surface area contributed by atoms with E-state index in [1.807, 2.05) is 6.07 Å². The first-order valence-corrected chi connectivity index (χ1v) is 9.06.